The number of rotatable bonds is 4. The third-order valence-corrected chi connectivity index (χ3v) is 4.83. The Morgan fingerprint density at radius 1 is 1.45 bits per heavy atom. The van der Waals surface area contributed by atoms with Gasteiger partial charge in [0.1, 0.15) is 5.82 Å². The average molecular weight is 342 g/mol. The summed E-state index contributed by atoms with van der Waals surface area (Å²) in [7, 11) is 0. The molecule has 0 spiro atoms. The van der Waals surface area contributed by atoms with Crippen LogP contribution in [0.1, 0.15) is 51.5 Å². The minimum Gasteiger partial charge on any atom is -0.325 e. The van der Waals surface area contributed by atoms with Crippen molar-refractivity contribution in [1.29, 1.82) is 0 Å². The van der Waals surface area contributed by atoms with Gasteiger partial charge in [-0.3, -0.25) is 0 Å². The summed E-state index contributed by atoms with van der Waals surface area (Å²) in [6.45, 7) is 4.53. The van der Waals surface area contributed by atoms with Crippen LogP contribution in [0.15, 0.2) is 22.7 Å². The van der Waals surface area contributed by atoms with Gasteiger partial charge in [0.25, 0.3) is 0 Å². The predicted molar refractivity (Wildman–Crippen MR) is 86.1 cm³/mol. The highest BCUT2D eigenvalue weighted by Crippen LogP contribution is 2.36. The van der Waals surface area contributed by atoms with E-state index in [-0.39, 0.29) is 11.4 Å². The first-order valence-corrected chi connectivity index (χ1v) is 8.40. The van der Waals surface area contributed by atoms with E-state index in [2.05, 4.69) is 29.8 Å². The standard InChI is InChI=1S/C17H25BrFN/c1-12(2)8-13-4-3-7-17(20,10-13)11-14-9-15(18)5-6-16(14)19/h5-6,9,12-13H,3-4,7-8,10-11,20H2,1-2H3. The largest absolute Gasteiger partial charge is 0.325 e. The Kier molecular flexibility index (Phi) is 5.25. The zero-order valence-corrected chi connectivity index (χ0v) is 14.0. The van der Waals surface area contributed by atoms with E-state index in [9.17, 15) is 4.39 Å². The van der Waals surface area contributed by atoms with E-state index >= 15 is 0 Å². The van der Waals surface area contributed by atoms with Crippen LogP contribution in [0.25, 0.3) is 0 Å². The van der Waals surface area contributed by atoms with E-state index in [1.54, 1.807) is 6.07 Å². The van der Waals surface area contributed by atoms with Gasteiger partial charge in [-0.1, -0.05) is 42.6 Å². The van der Waals surface area contributed by atoms with Crippen LogP contribution in [-0.4, -0.2) is 5.54 Å². The molecule has 0 saturated heterocycles. The van der Waals surface area contributed by atoms with E-state index in [1.165, 1.54) is 25.3 Å². The minimum absolute atomic E-state index is 0.135. The Morgan fingerprint density at radius 3 is 2.90 bits per heavy atom. The monoisotopic (exact) mass is 341 g/mol. The Hall–Kier alpha value is -0.410. The van der Waals surface area contributed by atoms with Gasteiger partial charge in [0.15, 0.2) is 0 Å². The number of hydrogen-bond acceptors (Lipinski definition) is 1. The highest BCUT2D eigenvalue weighted by molar-refractivity contribution is 9.10. The van der Waals surface area contributed by atoms with Crippen molar-refractivity contribution >= 4 is 15.9 Å². The molecule has 1 saturated carbocycles. The second-order valence-electron chi connectivity index (χ2n) is 6.87. The molecule has 1 fully saturated rings. The van der Waals surface area contributed by atoms with Crippen LogP contribution >= 0.6 is 15.9 Å². The fraction of sp³-hybridized carbons (Fsp3) is 0.647. The lowest BCUT2D eigenvalue weighted by Gasteiger charge is -2.39. The average Bonchev–Trinajstić information content (AvgIpc) is 2.32. The molecule has 112 valence electrons. The van der Waals surface area contributed by atoms with Gasteiger partial charge in [0.05, 0.1) is 0 Å². The van der Waals surface area contributed by atoms with Crippen molar-refractivity contribution in [2.45, 2.75) is 57.9 Å². The van der Waals surface area contributed by atoms with Crippen LogP contribution in [0.3, 0.4) is 0 Å². The lowest BCUT2D eigenvalue weighted by molar-refractivity contribution is 0.199. The van der Waals surface area contributed by atoms with Gasteiger partial charge in [-0.05, 0) is 61.3 Å². The molecule has 2 atom stereocenters. The van der Waals surface area contributed by atoms with Crippen molar-refractivity contribution in [1.82, 2.24) is 0 Å². The highest BCUT2D eigenvalue weighted by atomic mass is 79.9. The quantitative estimate of drug-likeness (QED) is 0.813. The second kappa shape index (κ2) is 6.57. The molecule has 0 bridgehead atoms. The normalized spacial score (nSPS) is 27.0. The second-order valence-corrected chi connectivity index (χ2v) is 7.78. The van der Waals surface area contributed by atoms with Crippen molar-refractivity contribution in [3.8, 4) is 0 Å². The number of nitrogens with two attached hydrogens (primary N) is 1. The van der Waals surface area contributed by atoms with Crippen molar-refractivity contribution in [2.75, 3.05) is 0 Å². The Balaban J connectivity index is 2.08. The molecule has 1 aromatic carbocycles. The molecule has 0 amide bonds. The highest BCUT2D eigenvalue weighted by Gasteiger charge is 2.33. The van der Waals surface area contributed by atoms with Gasteiger partial charge >= 0.3 is 0 Å². The van der Waals surface area contributed by atoms with Crippen LogP contribution < -0.4 is 5.73 Å². The molecule has 0 heterocycles. The molecule has 1 aliphatic rings. The smallest absolute Gasteiger partial charge is 0.126 e. The molecule has 1 aliphatic carbocycles. The third-order valence-electron chi connectivity index (χ3n) is 4.34. The maximum Gasteiger partial charge on any atom is 0.126 e. The van der Waals surface area contributed by atoms with E-state index in [4.69, 9.17) is 5.73 Å². The van der Waals surface area contributed by atoms with Crippen molar-refractivity contribution in [3.05, 3.63) is 34.1 Å². The lowest BCUT2D eigenvalue weighted by Crippen LogP contribution is -2.46. The summed E-state index contributed by atoms with van der Waals surface area (Å²) < 4.78 is 14.8. The van der Waals surface area contributed by atoms with E-state index in [1.807, 2.05) is 6.07 Å². The van der Waals surface area contributed by atoms with Crippen molar-refractivity contribution < 1.29 is 4.39 Å². The van der Waals surface area contributed by atoms with Crippen LogP contribution in [0.5, 0.6) is 0 Å². The minimum atomic E-state index is -0.237. The summed E-state index contributed by atoms with van der Waals surface area (Å²) in [5, 5.41) is 0. The number of hydrogen-bond donors (Lipinski definition) is 1. The topological polar surface area (TPSA) is 26.0 Å². The first-order chi connectivity index (χ1) is 9.38. The summed E-state index contributed by atoms with van der Waals surface area (Å²) in [5.41, 5.74) is 7.10. The zero-order chi connectivity index (χ0) is 14.8. The number of halogens is 2. The van der Waals surface area contributed by atoms with Crippen LogP contribution in [-0.2, 0) is 6.42 Å². The summed E-state index contributed by atoms with van der Waals surface area (Å²) in [6, 6.07) is 5.14. The summed E-state index contributed by atoms with van der Waals surface area (Å²) >= 11 is 3.42. The molecule has 2 N–H and O–H groups in total. The molecule has 1 nitrogen and oxygen atoms in total. The molecule has 20 heavy (non-hydrogen) atoms. The summed E-state index contributed by atoms with van der Waals surface area (Å²) in [4.78, 5) is 0. The van der Waals surface area contributed by atoms with E-state index in [0.29, 0.717) is 18.3 Å². The SMILES string of the molecule is CC(C)CC1CCCC(N)(Cc2cc(Br)ccc2F)C1. The Labute approximate surface area is 130 Å². The van der Waals surface area contributed by atoms with E-state index < -0.39 is 0 Å². The Bertz CT molecular complexity index is 460. The third kappa shape index (κ3) is 4.29. The van der Waals surface area contributed by atoms with Gasteiger partial charge in [-0.2, -0.15) is 0 Å². The van der Waals surface area contributed by atoms with Gasteiger partial charge < -0.3 is 5.73 Å². The maximum absolute atomic E-state index is 13.9. The Morgan fingerprint density at radius 2 is 2.20 bits per heavy atom. The predicted octanol–water partition coefficient (Wildman–Crippen LogP) is 5.06. The van der Waals surface area contributed by atoms with Crippen molar-refractivity contribution in [2.24, 2.45) is 17.6 Å². The molecule has 0 radical (unpaired) electrons. The fourth-order valence-electron chi connectivity index (χ4n) is 3.61. The molecular weight excluding hydrogens is 317 g/mol. The molecular formula is C17H25BrFN. The van der Waals surface area contributed by atoms with Crippen LogP contribution in [0.2, 0.25) is 0 Å². The molecule has 0 aliphatic heterocycles. The fourth-order valence-corrected chi connectivity index (χ4v) is 4.02. The van der Waals surface area contributed by atoms with Crippen molar-refractivity contribution in [3.63, 3.8) is 0 Å². The molecule has 2 rings (SSSR count). The molecule has 0 aromatic heterocycles. The van der Waals surface area contributed by atoms with Gasteiger partial charge in [-0.15, -0.1) is 0 Å². The lowest BCUT2D eigenvalue weighted by atomic mass is 9.71. The van der Waals surface area contributed by atoms with Gasteiger partial charge in [0, 0.05) is 10.0 Å². The zero-order valence-electron chi connectivity index (χ0n) is 12.5. The van der Waals surface area contributed by atoms with Gasteiger partial charge in [0.2, 0.25) is 0 Å². The summed E-state index contributed by atoms with van der Waals surface area (Å²) in [6.07, 6.45) is 6.36. The van der Waals surface area contributed by atoms with Gasteiger partial charge in [-0.25, -0.2) is 4.39 Å². The van der Waals surface area contributed by atoms with Crippen LogP contribution in [0.4, 0.5) is 4.39 Å². The molecule has 3 heteroatoms. The number of benzene rings is 1. The molecule has 2 unspecified atom stereocenters. The summed E-state index contributed by atoms with van der Waals surface area (Å²) in [5.74, 6) is 1.28. The first-order valence-electron chi connectivity index (χ1n) is 7.61. The molecule has 1 aromatic rings. The first kappa shape index (κ1) is 16.0. The van der Waals surface area contributed by atoms with Crippen LogP contribution in [0, 0.1) is 17.7 Å². The van der Waals surface area contributed by atoms with E-state index in [0.717, 1.165) is 22.9 Å². The maximum atomic E-state index is 13.9.